The van der Waals surface area contributed by atoms with Crippen molar-refractivity contribution in [2.45, 2.75) is 25.9 Å². The summed E-state index contributed by atoms with van der Waals surface area (Å²) in [5.74, 6) is -1.85. The van der Waals surface area contributed by atoms with Gasteiger partial charge in [0.2, 0.25) is 0 Å². The van der Waals surface area contributed by atoms with Crippen LogP contribution < -0.4 is 9.47 Å². The van der Waals surface area contributed by atoms with E-state index in [9.17, 15) is 39.5 Å². The lowest BCUT2D eigenvalue weighted by Crippen LogP contribution is -2.23. The predicted octanol–water partition coefficient (Wildman–Crippen LogP) is 8.77. The number of hydrogen-bond donors (Lipinski definition) is 0. The number of hydrogen-bond acceptors (Lipinski definition) is 2. The maximum atomic E-state index is 14.8. The first-order chi connectivity index (χ1) is 20.9. The van der Waals surface area contributed by atoms with Crippen LogP contribution in [0.1, 0.15) is 47.6 Å². The van der Waals surface area contributed by atoms with Crippen molar-refractivity contribution in [2.75, 3.05) is 6.61 Å². The average molecular weight is 618 g/mol. The van der Waals surface area contributed by atoms with Gasteiger partial charge in [0.25, 0.3) is 0 Å². The molecule has 0 aliphatic heterocycles. The molecule has 11 heteroatoms. The lowest BCUT2D eigenvalue weighted by molar-refractivity contribution is -0.187. The van der Waals surface area contributed by atoms with E-state index in [2.05, 4.69) is 16.6 Å². The number of benzene rings is 4. The molecule has 0 saturated carbocycles. The molecule has 0 amide bonds. The second-order valence-corrected chi connectivity index (χ2v) is 9.17. The largest absolute Gasteiger partial charge is 0.493 e. The van der Waals surface area contributed by atoms with E-state index in [0.29, 0.717) is 48.8 Å². The quantitative estimate of drug-likeness (QED) is 0.0893. The Hall–Kier alpha value is -5.03. The van der Waals surface area contributed by atoms with Gasteiger partial charge in [-0.15, -0.1) is 0 Å². The highest BCUT2D eigenvalue weighted by atomic mass is 19.3. The van der Waals surface area contributed by atoms with Gasteiger partial charge in [-0.2, -0.15) is 8.78 Å². The highest BCUT2D eigenvalue weighted by Gasteiger charge is 2.38. The molecule has 0 aliphatic carbocycles. The zero-order valence-electron chi connectivity index (χ0n) is 22.6. The summed E-state index contributed by atoms with van der Waals surface area (Å²) in [6, 6.07) is 7.99. The average Bonchev–Trinajstić information content (AvgIpc) is 2.94. The molecule has 0 radical (unpaired) electrons. The highest BCUT2D eigenvalue weighted by Crippen LogP contribution is 2.34. The van der Waals surface area contributed by atoms with Crippen LogP contribution in [0.3, 0.4) is 0 Å². The van der Waals surface area contributed by atoms with Crippen LogP contribution >= 0.6 is 0 Å². The van der Waals surface area contributed by atoms with E-state index in [0.717, 1.165) is 25.0 Å². The number of alkyl halides is 2. The summed E-state index contributed by atoms with van der Waals surface area (Å²) >= 11 is 0. The lowest BCUT2D eigenvalue weighted by Gasteiger charge is -2.19. The minimum atomic E-state index is -4.41. The Morgan fingerprint density at radius 2 is 1.23 bits per heavy atom. The summed E-state index contributed by atoms with van der Waals surface area (Å²) in [6.45, 7) is 2.39. The Morgan fingerprint density at radius 1 is 0.614 bits per heavy atom. The Labute approximate surface area is 246 Å². The molecule has 0 heterocycles. The van der Waals surface area contributed by atoms with E-state index in [-0.39, 0.29) is 11.1 Å². The molecule has 226 valence electrons. The SMILES string of the molecule is CCCCOc1ccc(C#Cc2ccc(C(F)(F)Oc3cc(F)c(C#Cc4cc(F)c(F)c(F)c4)c(F)c3)c(F)c2)c(F)c1. The molecule has 0 bridgehead atoms. The molecule has 0 unspecified atom stereocenters. The van der Waals surface area contributed by atoms with E-state index in [4.69, 9.17) is 4.74 Å². The molecular formula is C33H19F9O2. The van der Waals surface area contributed by atoms with Crippen molar-refractivity contribution in [3.8, 4) is 35.2 Å². The van der Waals surface area contributed by atoms with Gasteiger partial charge in [-0.3, -0.25) is 0 Å². The summed E-state index contributed by atoms with van der Waals surface area (Å²) in [6.07, 6.45) is -2.72. The maximum Gasteiger partial charge on any atom is 0.429 e. The summed E-state index contributed by atoms with van der Waals surface area (Å²) in [5, 5.41) is 0. The third kappa shape index (κ3) is 7.67. The minimum Gasteiger partial charge on any atom is -0.493 e. The highest BCUT2D eigenvalue weighted by molar-refractivity contribution is 5.48. The van der Waals surface area contributed by atoms with Gasteiger partial charge >= 0.3 is 6.11 Å². The zero-order chi connectivity index (χ0) is 32.0. The molecule has 2 nitrogen and oxygen atoms in total. The number of halogens is 9. The van der Waals surface area contributed by atoms with Crippen LogP contribution in [0, 0.1) is 64.4 Å². The maximum absolute atomic E-state index is 14.8. The van der Waals surface area contributed by atoms with Gasteiger partial charge < -0.3 is 9.47 Å². The molecule has 0 saturated heterocycles. The molecule has 4 aromatic carbocycles. The van der Waals surface area contributed by atoms with Gasteiger partial charge in [0.1, 0.15) is 40.3 Å². The van der Waals surface area contributed by atoms with E-state index in [1.54, 1.807) is 0 Å². The summed E-state index contributed by atoms with van der Waals surface area (Å²) in [4.78, 5) is 0. The second kappa shape index (κ2) is 13.5. The van der Waals surface area contributed by atoms with Crippen molar-refractivity contribution in [3.05, 3.63) is 129 Å². The monoisotopic (exact) mass is 618 g/mol. The summed E-state index contributed by atoms with van der Waals surface area (Å²) in [5.41, 5.74) is -2.82. The van der Waals surface area contributed by atoms with E-state index in [1.165, 1.54) is 12.1 Å². The van der Waals surface area contributed by atoms with Crippen LogP contribution in [0.2, 0.25) is 0 Å². The van der Waals surface area contributed by atoms with Crippen molar-refractivity contribution in [3.63, 3.8) is 0 Å². The van der Waals surface area contributed by atoms with Crippen molar-refractivity contribution >= 4 is 0 Å². The van der Waals surface area contributed by atoms with Gasteiger partial charge in [0, 0.05) is 29.3 Å². The van der Waals surface area contributed by atoms with Gasteiger partial charge in [-0.1, -0.05) is 37.0 Å². The topological polar surface area (TPSA) is 18.5 Å². The summed E-state index contributed by atoms with van der Waals surface area (Å²) < 4.78 is 137. The first-order valence-corrected chi connectivity index (χ1v) is 12.8. The molecule has 4 aromatic rings. The molecule has 0 fully saturated rings. The Kier molecular flexibility index (Phi) is 9.80. The van der Waals surface area contributed by atoms with Crippen molar-refractivity contribution in [1.82, 2.24) is 0 Å². The van der Waals surface area contributed by atoms with E-state index >= 15 is 0 Å². The van der Waals surface area contributed by atoms with Gasteiger partial charge in [0.15, 0.2) is 17.5 Å². The van der Waals surface area contributed by atoms with Crippen LogP contribution in [0.5, 0.6) is 11.5 Å². The van der Waals surface area contributed by atoms with E-state index < -0.39 is 69.3 Å². The molecule has 4 rings (SSSR count). The fraction of sp³-hybridized carbons (Fsp3) is 0.152. The molecular weight excluding hydrogens is 599 g/mol. The standard InChI is InChI=1S/C33H19F9O2/c1-2-3-12-43-22-9-8-21(26(34)16-22)7-4-19-6-11-25(29(37)13-19)33(41,42)44-23-17-27(35)24(28(36)18-23)10-5-20-14-30(38)32(40)31(39)15-20/h6,8-9,11,13-18H,2-3,12H2,1H3. The van der Waals surface area contributed by atoms with Crippen LogP contribution in [-0.2, 0) is 6.11 Å². The molecule has 0 spiro atoms. The first-order valence-electron chi connectivity index (χ1n) is 12.8. The molecule has 0 aliphatic rings. The van der Waals surface area contributed by atoms with Gasteiger partial charge in [-0.05, 0) is 48.9 Å². The van der Waals surface area contributed by atoms with Crippen LogP contribution in [0.15, 0.2) is 60.7 Å². The Morgan fingerprint density at radius 3 is 1.84 bits per heavy atom. The van der Waals surface area contributed by atoms with Crippen LogP contribution in [0.25, 0.3) is 0 Å². The number of rotatable bonds is 7. The smallest absolute Gasteiger partial charge is 0.429 e. The molecule has 44 heavy (non-hydrogen) atoms. The Balaban J connectivity index is 1.50. The van der Waals surface area contributed by atoms with Crippen molar-refractivity contribution in [1.29, 1.82) is 0 Å². The molecule has 0 aromatic heterocycles. The van der Waals surface area contributed by atoms with Crippen molar-refractivity contribution in [2.24, 2.45) is 0 Å². The first kappa shape index (κ1) is 31.9. The van der Waals surface area contributed by atoms with Crippen LogP contribution in [0.4, 0.5) is 39.5 Å². The summed E-state index contributed by atoms with van der Waals surface area (Å²) in [7, 11) is 0. The molecule has 0 atom stereocenters. The normalized spacial score (nSPS) is 10.9. The van der Waals surface area contributed by atoms with Crippen LogP contribution in [-0.4, -0.2) is 6.61 Å². The predicted molar refractivity (Wildman–Crippen MR) is 142 cm³/mol. The van der Waals surface area contributed by atoms with Crippen molar-refractivity contribution < 1.29 is 49.0 Å². The van der Waals surface area contributed by atoms with Gasteiger partial charge in [-0.25, -0.2) is 30.7 Å². The third-order valence-electron chi connectivity index (χ3n) is 5.91. The third-order valence-corrected chi connectivity index (χ3v) is 5.91. The van der Waals surface area contributed by atoms with E-state index in [1.807, 2.05) is 18.8 Å². The second-order valence-electron chi connectivity index (χ2n) is 9.17. The minimum absolute atomic E-state index is 0.0415. The Bertz CT molecular complexity index is 1780. The number of ether oxygens (including phenoxy) is 2. The lowest BCUT2D eigenvalue weighted by atomic mass is 10.1. The molecule has 0 N–H and O–H groups in total. The fourth-order valence-electron chi connectivity index (χ4n) is 3.68. The number of unbranched alkanes of at least 4 members (excludes halogenated alkanes) is 1. The van der Waals surface area contributed by atoms with Gasteiger partial charge in [0.05, 0.1) is 17.7 Å². The zero-order valence-corrected chi connectivity index (χ0v) is 22.6. The fourth-order valence-corrected chi connectivity index (χ4v) is 3.68.